The zero-order valence-corrected chi connectivity index (χ0v) is 13.0. The van der Waals surface area contributed by atoms with Gasteiger partial charge in [0.2, 0.25) is 5.91 Å². The van der Waals surface area contributed by atoms with E-state index >= 15 is 0 Å². The van der Waals surface area contributed by atoms with Crippen molar-refractivity contribution >= 4 is 17.6 Å². The van der Waals surface area contributed by atoms with Gasteiger partial charge >= 0.3 is 5.97 Å². The molecular weight excluding hydrogens is 270 g/mol. The summed E-state index contributed by atoms with van der Waals surface area (Å²) in [6.45, 7) is 7.51. The van der Waals surface area contributed by atoms with Crippen molar-refractivity contribution in [3.8, 4) is 0 Å². The van der Waals surface area contributed by atoms with Gasteiger partial charge in [-0.15, -0.1) is 0 Å². The van der Waals surface area contributed by atoms with Gasteiger partial charge in [0.15, 0.2) is 0 Å². The van der Waals surface area contributed by atoms with Gasteiger partial charge in [-0.3, -0.25) is 9.59 Å². The minimum atomic E-state index is -0.951. The summed E-state index contributed by atoms with van der Waals surface area (Å²) < 4.78 is 5.31. The fourth-order valence-electron chi connectivity index (χ4n) is 1.70. The second-order valence-electron chi connectivity index (χ2n) is 5.73. The van der Waals surface area contributed by atoms with Crippen LogP contribution in [-0.2, 0) is 19.7 Å². The molecule has 2 N–H and O–H groups in total. The quantitative estimate of drug-likeness (QED) is 0.810. The molecule has 0 aromatic heterocycles. The summed E-state index contributed by atoms with van der Waals surface area (Å²) in [5, 5.41) is 11.9. The summed E-state index contributed by atoms with van der Waals surface area (Å²) in [6.07, 6.45) is 0.399. The first-order valence-electron chi connectivity index (χ1n) is 6.99. The van der Waals surface area contributed by atoms with E-state index in [4.69, 9.17) is 9.84 Å². The number of benzene rings is 1. The van der Waals surface area contributed by atoms with Crippen LogP contribution in [0.1, 0.15) is 39.7 Å². The van der Waals surface area contributed by atoms with E-state index in [1.165, 1.54) is 0 Å². The molecular formula is C16H23NO4. The van der Waals surface area contributed by atoms with E-state index < -0.39 is 11.4 Å². The molecule has 0 aliphatic carbocycles. The molecule has 0 bridgehead atoms. The standard InChI is InChI=1S/C16H23NO4/c1-11(2)21-10-9-14(18)17-13-7-5-12(6-8-13)16(3,4)15(19)20/h5-8,11H,9-10H2,1-4H3,(H,17,18)(H,19,20). The average Bonchev–Trinajstić information content (AvgIpc) is 2.38. The number of carbonyl (C=O) groups excluding carboxylic acids is 1. The monoisotopic (exact) mass is 293 g/mol. The molecule has 0 saturated heterocycles. The van der Waals surface area contributed by atoms with Crippen LogP contribution in [0, 0.1) is 0 Å². The Balaban J connectivity index is 2.59. The molecule has 0 aliphatic heterocycles. The number of carbonyl (C=O) groups is 2. The van der Waals surface area contributed by atoms with Crippen LogP contribution in [0.5, 0.6) is 0 Å². The fraction of sp³-hybridized carbons (Fsp3) is 0.500. The second kappa shape index (κ2) is 7.22. The van der Waals surface area contributed by atoms with E-state index in [1.807, 2.05) is 13.8 Å². The normalized spacial score (nSPS) is 11.5. The maximum absolute atomic E-state index is 11.7. The number of ether oxygens (including phenoxy) is 1. The molecule has 21 heavy (non-hydrogen) atoms. The highest BCUT2D eigenvalue weighted by molar-refractivity contribution is 5.91. The Kier molecular flexibility index (Phi) is 5.90. The zero-order chi connectivity index (χ0) is 16.0. The number of aliphatic carboxylic acids is 1. The summed E-state index contributed by atoms with van der Waals surface area (Å²) in [5.41, 5.74) is 0.388. The first-order valence-corrected chi connectivity index (χ1v) is 6.99. The molecule has 0 fully saturated rings. The summed E-state index contributed by atoms with van der Waals surface area (Å²) in [6, 6.07) is 6.85. The average molecular weight is 293 g/mol. The van der Waals surface area contributed by atoms with Crippen molar-refractivity contribution in [2.45, 2.75) is 45.6 Å². The first kappa shape index (κ1) is 17.2. The Hall–Kier alpha value is -1.88. The summed E-state index contributed by atoms with van der Waals surface area (Å²) in [4.78, 5) is 22.9. The van der Waals surface area contributed by atoms with Crippen LogP contribution in [0.2, 0.25) is 0 Å². The maximum atomic E-state index is 11.7. The Labute approximate surface area is 125 Å². The highest BCUT2D eigenvalue weighted by Crippen LogP contribution is 2.24. The van der Waals surface area contributed by atoms with Gasteiger partial charge in [-0.25, -0.2) is 0 Å². The van der Waals surface area contributed by atoms with E-state index in [0.717, 1.165) is 0 Å². The Morgan fingerprint density at radius 3 is 2.29 bits per heavy atom. The molecule has 1 aromatic carbocycles. The number of nitrogens with one attached hydrogen (secondary N) is 1. The minimum Gasteiger partial charge on any atom is -0.481 e. The third-order valence-corrected chi connectivity index (χ3v) is 3.21. The zero-order valence-electron chi connectivity index (χ0n) is 13.0. The van der Waals surface area contributed by atoms with Crippen molar-refractivity contribution in [3.63, 3.8) is 0 Å². The number of carboxylic acids is 1. The van der Waals surface area contributed by atoms with E-state index in [0.29, 0.717) is 24.3 Å². The topological polar surface area (TPSA) is 75.6 Å². The predicted octanol–water partition coefficient (Wildman–Crippen LogP) is 2.80. The van der Waals surface area contributed by atoms with Crippen molar-refractivity contribution < 1.29 is 19.4 Å². The molecule has 1 amide bonds. The summed E-state index contributed by atoms with van der Waals surface area (Å²) in [5.74, 6) is -1.01. The van der Waals surface area contributed by atoms with Gasteiger partial charge in [-0.05, 0) is 45.4 Å². The van der Waals surface area contributed by atoms with Crippen LogP contribution in [-0.4, -0.2) is 29.7 Å². The van der Waals surface area contributed by atoms with Crippen molar-refractivity contribution in [1.29, 1.82) is 0 Å². The molecule has 0 spiro atoms. The molecule has 0 atom stereocenters. The van der Waals surface area contributed by atoms with Gasteiger partial charge in [-0.1, -0.05) is 12.1 Å². The lowest BCUT2D eigenvalue weighted by Crippen LogP contribution is -2.28. The largest absolute Gasteiger partial charge is 0.481 e. The van der Waals surface area contributed by atoms with Crippen LogP contribution < -0.4 is 5.32 Å². The van der Waals surface area contributed by atoms with Gasteiger partial charge in [0, 0.05) is 5.69 Å². The van der Waals surface area contributed by atoms with Crippen LogP contribution in [0.3, 0.4) is 0 Å². The number of carboxylic acid groups (broad SMARTS) is 1. The van der Waals surface area contributed by atoms with E-state index in [-0.39, 0.29) is 12.0 Å². The number of hydrogen-bond donors (Lipinski definition) is 2. The van der Waals surface area contributed by atoms with Crippen molar-refractivity contribution in [1.82, 2.24) is 0 Å². The molecule has 1 rings (SSSR count). The van der Waals surface area contributed by atoms with Gasteiger partial charge in [-0.2, -0.15) is 0 Å². The molecule has 0 radical (unpaired) electrons. The SMILES string of the molecule is CC(C)OCCC(=O)Nc1ccc(C(C)(C)C(=O)O)cc1. The number of rotatable bonds is 7. The number of anilines is 1. The minimum absolute atomic E-state index is 0.107. The highest BCUT2D eigenvalue weighted by Gasteiger charge is 2.29. The predicted molar refractivity (Wildman–Crippen MR) is 81.4 cm³/mol. The van der Waals surface area contributed by atoms with Crippen molar-refractivity contribution in [3.05, 3.63) is 29.8 Å². The van der Waals surface area contributed by atoms with Crippen LogP contribution in [0.25, 0.3) is 0 Å². The summed E-state index contributed by atoms with van der Waals surface area (Å²) >= 11 is 0. The van der Waals surface area contributed by atoms with E-state index in [1.54, 1.807) is 38.1 Å². The van der Waals surface area contributed by atoms with Crippen LogP contribution in [0.4, 0.5) is 5.69 Å². The van der Waals surface area contributed by atoms with Gasteiger partial charge < -0.3 is 15.2 Å². The summed E-state index contributed by atoms with van der Waals surface area (Å²) in [7, 11) is 0. The van der Waals surface area contributed by atoms with Gasteiger partial charge in [0.25, 0.3) is 0 Å². The lowest BCUT2D eigenvalue weighted by atomic mass is 9.85. The van der Waals surface area contributed by atoms with Crippen molar-refractivity contribution in [2.24, 2.45) is 0 Å². The molecule has 5 heteroatoms. The van der Waals surface area contributed by atoms with Crippen molar-refractivity contribution in [2.75, 3.05) is 11.9 Å². The Bertz CT molecular complexity index is 492. The highest BCUT2D eigenvalue weighted by atomic mass is 16.5. The van der Waals surface area contributed by atoms with Gasteiger partial charge in [0.1, 0.15) is 0 Å². The number of hydrogen-bond acceptors (Lipinski definition) is 3. The Morgan fingerprint density at radius 1 is 1.24 bits per heavy atom. The Morgan fingerprint density at radius 2 is 1.81 bits per heavy atom. The number of amides is 1. The molecule has 0 heterocycles. The molecule has 0 unspecified atom stereocenters. The first-order chi connectivity index (χ1) is 9.73. The molecule has 0 saturated carbocycles. The third kappa shape index (κ3) is 5.19. The molecule has 116 valence electrons. The molecule has 1 aromatic rings. The maximum Gasteiger partial charge on any atom is 0.313 e. The van der Waals surface area contributed by atoms with Crippen LogP contribution >= 0.6 is 0 Å². The fourth-order valence-corrected chi connectivity index (χ4v) is 1.70. The smallest absolute Gasteiger partial charge is 0.313 e. The second-order valence-corrected chi connectivity index (χ2v) is 5.73. The molecule has 5 nitrogen and oxygen atoms in total. The molecule has 0 aliphatic rings. The van der Waals surface area contributed by atoms with E-state index in [2.05, 4.69) is 5.32 Å². The van der Waals surface area contributed by atoms with Gasteiger partial charge in [0.05, 0.1) is 24.5 Å². The van der Waals surface area contributed by atoms with E-state index in [9.17, 15) is 9.59 Å². The van der Waals surface area contributed by atoms with Crippen LogP contribution in [0.15, 0.2) is 24.3 Å². The third-order valence-electron chi connectivity index (χ3n) is 3.21. The lowest BCUT2D eigenvalue weighted by molar-refractivity contribution is -0.142. The lowest BCUT2D eigenvalue weighted by Gasteiger charge is -2.19.